The monoisotopic (exact) mass is 174 g/mol. The summed E-state index contributed by atoms with van der Waals surface area (Å²) in [7, 11) is 0.928. The average molecular weight is 174 g/mol. The minimum absolute atomic E-state index is 0.928. The van der Waals surface area contributed by atoms with Crippen molar-refractivity contribution in [2.24, 2.45) is 0 Å². The summed E-state index contributed by atoms with van der Waals surface area (Å²) >= 11 is 0. The molecule has 0 spiro atoms. The Morgan fingerprint density at radius 2 is 1.92 bits per heavy atom. The molecule has 0 aromatic heterocycles. The van der Waals surface area contributed by atoms with E-state index in [1.807, 2.05) is 0 Å². The molecule has 0 saturated carbocycles. The first-order valence-electron chi connectivity index (χ1n) is 4.20. The van der Waals surface area contributed by atoms with Crippen molar-refractivity contribution in [3.63, 3.8) is 0 Å². The molecule has 0 N–H and O–H groups in total. The van der Waals surface area contributed by atoms with Crippen LogP contribution in [-0.2, 0) is 6.04 Å². The van der Waals surface area contributed by atoms with E-state index in [9.17, 15) is 0 Å². The second-order valence-electron chi connectivity index (χ2n) is 3.09. The Hall–Kier alpha value is -0.823. The lowest BCUT2D eigenvalue weighted by molar-refractivity contribution is 1.37. The van der Waals surface area contributed by atoms with E-state index in [2.05, 4.69) is 49.9 Å². The lowest BCUT2D eigenvalue weighted by Crippen LogP contribution is -1.93. The number of allylic oxidation sites excluding steroid dienone is 1. The van der Waals surface area contributed by atoms with E-state index in [1.54, 1.807) is 0 Å². The summed E-state index contributed by atoms with van der Waals surface area (Å²) in [6.45, 7) is 4.30. The molecule has 0 unspecified atom stereocenters. The van der Waals surface area contributed by atoms with E-state index in [0.29, 0.717) is 0 Å². The van der Waals surface area contributed by atoms with Crippen molar-refractivity contribution < 1.29 is 0 Å². The van der Waals surface area contributed by atoms with Gasteiger partial charge in [0, 0.05) is 0 Å². The van der Waals surface area contributed by atoms with Crippen molar-refractivity contribution in [2.75, 3.05) is 0 Å². The molecule has 0 saturated heterocycles. The highest BCUT2D eigenvalue weighted by Crippen LogP contribution is 1.99. The van der Waals surface area contributed by atoms with Crippen LogP contribution in [0.4, 0.5) is 0 Å². The van der Waals surface area contributed by atoms with Gasteiger partial charge in [-0.05, 0) is 19.9 Å². The van der Waals surface area contributed by atoms with Gasteiger partial charge in [0.1, 0.15) is 0 Å². The van der Waals surface area contributed by atoms with E-state index in [0.717, 1.165) is 9.52 Å². The minimum atomic E-state index is 0.928. The van der Waals surface area contributed by atoms with Gasteiger partial charge in [0.25, 0.3) is 0 Å². The Labute approximate surface area is 77.1 Å². The Bertz CT molecular complexity index is 245. The largest absolute Gasteiger partial charge is 0.0998 e. The fourth-order valence-electron chi connectivity index (χ4n) is 0.969. The van der Waals surface area contributed by atoms with Crippen molar-refractivity contribution in [2.45, 2.75) is 19.9 Å². The number of rotatable bonds is 3. The van der Waals surface area contributed by atoms with Crippen molar-refractivity contribution in [1.82, 2.24) is 0 Å². The molecule has 0 fully saturated rings. The first kappa shape index (κ1) is 9.27. The molecule has 0 amide bonds. The molecule has 0 bridgehead atoms. The van der Waals surface area contributed by atoms with Gasteiger partial charge >= 0.3 is 0 Å². The lowest BCUT2D eigenvalue weighted by atomic mass is 10.2. The van der Waals surface area contributed by atoms with Crippen molar-refractivity contribution in [1.29, 1.82) is 0 Å². The normalized spacial score (nSPS) is 9.50. The summed E-state index contributed by atoms with van der Waals surface area (Å²) in [6.07, 6.45) is 0. The zero-order valence-electron chi connectivity index (χ0n) is 7.67. The maximum absolute atomic E-state index is 2.31. The maximum atomic E-state index is 2.31. The van der Waals surface area contributed by atoms with Crippen LogP contribution in [0.25, 0.3) is 0 Å². The smallest absolute Gasteiger partial charge is 0.0750 e. The highest BCUT2D eigenvalue weighted by Gasteiger charge is 1.89. The van der Waals surface area contributed by atoms with Gasteiger partial charge in [-0.2, -0.15) is 0 Å². The Kier molecular flexibility index (Phi) is 3.81. The standard InChI is InChI=1S/C11H14Si/c1-10(2)8-12-9-11-6-4-3-5-7-11/h3-8H,9H2,1-2H3. The molecule has 1 rings (SSSR count). The molecule has 0 aliphatic rings. The number of hydrogen-bond donors (Lipinski definition) is 0. The zero-order valence-corrected chi connectivity index (χ0v) is 8.67. The van der Waals surface area contributed by atoms with Crippen LogP contribution in [0, 0.1) is 0 Å². The second kappa shape index (κ2) is 4.94. The third-order valence-electron chi connectivity index (χ3n) is 1.54. The molecule has 1 aromatic carbocycles. The quantitative estimate of drug-likeness (QED) is 0.618. The van der Waals surface area contributed by atoms with Crippen LogP contribution < -0.4 is 0 Å². The van der Waals surface area contributed by atoms with Crippen LogP contribution in [0.15, 0.2) is 41.6 Å². The molecule has 0 aliphatic carbocycles. The number of benzene rings is 1. The van der Waals surface area contributed by atoms with Crippen LogP contribution in [-0.4, -0.2) is 9.52 Å². The predicted molar refractivity (Wildman–Crippen MR) is 55.3 cm³/mol. The fraction of sp³-hybridized carbons (Fsp3) is 0.273. The molecular weight excluding hydrogens is 160 g/mol. The second-order valence-corrected chi connectivity index (χ2v) is 4.14. The Balaban J connectivity index is 2.39. The van der Waals surface area contributed by atoms with E-state index >= 15 is 0 Å². The van der Waals surface area contributed by atoms with E-state index in [4.69, 9.17) is 0 Å². The van der Waals surface area contributed by atoms with E-state index < -0.39 is 0 Å². The highest BCUT2D eigenvalue weighted by molar-refractivity contribution is 6.41. The fourth-order valence-corrected chi connectivity index (χ4v) is 1.95. The van der Waals surface area contributed by atoms with Crippen molar-refractivity contribution in [3.05, 3.63) is 47.2 Å². The van der Waals surface area contributed by atoms with Gasteiger partial charge in [-0.15, -0.1) is 0 Å². The summed E-state index contributed by atoms with van der Waals surface area (Å²) in [5.41, 5.74) is 5.17. The summed E-state index contributed by atoms with van der Waals surface area (Å²) in [4.78, 5) is 0. The molecule has 1 aromatic rings. The molecule has 0 heterocycles. The van der Waals surface area contributed by atoms with Crippen molar-refractivity contribution in [3.8, 4) is 0 Å². The lowest BCUT2D eigenvalue weighted by Gasteiger charge is -1.95. The van der Waals surface area contributed by atoms with Gasteiger partial charge in [-0.1, -0.05) is 47.2 Å². The Morgan fingerprint density at radius 1 is 1.25 bits per heavy atom. The molecule has 1 heteroatoms. The maximum Gasteiger partial charge on any atom is 0.0750 e. The van der Waals surface area contributed by atoms with Crippen LogP contribution >= 0.6 is 0 Å². The zero-order chi connectivity index (χ0) is 8.81. The molecule has 0 aliphatic heterocycles. The Morgan fingerprint density at radius 3 is 2.50 bits per heavy atom. The van der Waals surface area contributed by atoms with E-state index in [1.165, 1.54) is 17.2 Å². The van der Waals surface area contributed by atoms with Gasteiger partial charge in [0.05, 0.1) is 9.52 Å². The van der Waals surface area contributed by atoms with Crippen LogP contribution in [0.3, 0.4) is 0 Å². The molecular formula is C11H14Si. The molecule has 0 nitrogen and oxygen atoms in total. The van der Waals surface area contributed by atoms with Gasteiger partial charge in [0.15, 0.2) is 0 Å². The summed E-state index contributed by atoms with van der Waals surface area (Å²) in [5.74, 6) is 0. The highest BCUT2D eigenvalue weighted by atomic mass is 28.2. The third kappa shape index (κ3) is 3.53. The summed E-state index contributed by atoms with van der Waals surface area (Å²) in [6, 6.07) is 11.8. The van der Waals surface area contributed by atoms with E-state index in [-0.39, 0.29) is 0 Å². The SMILES string of the molecule is CC(C)=C[Si]Cc1ccccc1. The summed E-state index contributed by atoms with van der Waals surface area (Å²) < 4.78 is 0. The van der Waals surface area contributed by atoms with Crippen LogP contribution in [0.5, 0.6) is 0 Å². The third-order valence-corrected chi connectivity index (χ3v) is 2.93. The summed E-state index contributed by atoms with van der Waals surface area (Å²) in [5, 5.41) is 0. The first-order chi connectivity index (χ1) is 5.79. The topological polar surface area (TPSA) is 0 Å². The number of hydrogen-bond acceptors (Lipinski definition) is 0. The predicted octanol–water partition coefficient (Wildman–Crippen LogP) is 2.81. The van der Waals surface area contributed by atoms with Gasteiger partial charge < -0.3 is 0 Å². The molecule has 62 valence electrons. The first-order valence-corrected chi connectivity index (χ1v) is 5.48. The van der Waals surface area contributed by atoms with Crippen LogP contribution in [0.2, 0.25) is 0 Å². The molecule has 2 radical (unpaired) electrons. The molecule has 0 atom stereocenters. The van der Waals surface area contributed by atoms with Crippen molar-refractivity contribution >= 4 is 9.52 Å². The average Bonchev–Trinajstić information content (AvgIpc) is 2.05. The minimum Gasteiger partial charge on any atom is -0.0998 e. The van der Waals surface area contributed by atoms with Gasteiger partial charge in [-0.3, -0.25) is 0 Å². The van der Waals surface area contributed by atoms with Gasteiger partial charge in [-0.25, -0.2) is 0 Å². The van der Waals surface area contributed by atoms with Gasteiger partial charge in [0.2, 0.25) is 0 Å². The van der Waals surface area contributed by atoms with Crippen LogP contribution in [0.1, 0.15) is 19.4 Å². The molecule has 12 heavy (non-hydrogen) atoms.